The second-order valence-corrected chi connectivity index (χ2v) is 4.44. The minimum Gasteiger partial charge on any atom is -0.459 e. The van der Waals surface area contributed by atoms with Crippen LogP contribution in [0.1, 0.15) is 16.2 Å². The maximum atomic E-state index is 11.7. The molecule has 0 radical (unpaired) electrons. The van der Waals surface area contributed by atoms with E-state index in [1.54, 1.807) is 24.4 Å². The highest BCUT2D eigenvalue weighted by Crippen LogP contribution is 2.11. The highest BCUT2D eigenvalue weighted by Gasteiger charge is 2.09. The number of rotatable bonds is 3. The van der Waals surface area contributed by atoms with Gasteiger partial charge in [0.2, 0.25) is 0 Å². The molecule has 96 valence electrons. The van der Waals surface area contributed by atoms with Crippen molar-refractivity contribution in [2.75, 3.05) is 0 Å². The molecule has 0 aliphatic carbocycles. The second-order valence-electron chi connectivity index (χ2n) is 4.01. The van der Waals surface area contributed by atoms with Crippen LogP contribution in [0.25, 0.3) is 5.65 Å². The smallest absolute Gasteiger partial charge is 0.287 e. The largest absolute Gasteiger partial charge is 0.459 e. The summed E-state index contributed by atoms with van der Waals surface area (Å²) in [4.78, 5) is 16.1. The first-order valence-corrected chi connectivity index (χ1v) is 6.05. The minimum absolute atomic E-state index is 0.264. The molecule has 6 heteroatoms. The van der Waals surface area contributed by atoms with Gasteiger partial charge < -0.3 is 14.1 Å². The van der Waals surface area contributed by atoms with Crippen LogP contribution in [-0.4, -0.2) is 15.3 Å². The predicted octanol–water partition coefficient (Wildman–Crippen LogP) is 2.51. The zero-order valence-electron chi connectivity index (χ0n) is 9.84. The molecule has 19 heavy (non-hydrogen) atoms. The van der Waals surface area contributed by atoms with Crippen molar-refractivity contribution in [1.29, 1.82) is 0 Å². The molecule has 0 aromatic carbocycles. The van der Waals surface area contributed by atoms with E-state index < -0.39 is 0 Å². The molecule has 0 unspecified atom stereocenters. The molecular weight excluding hydrogens is 266 g/mol. The summed E-state index contributed by atoms with van der Waals surface area (Å²) in [6.45, 7) is 0.332. The number of carbonyl (C=O) groups excluding carboxylic acids is 1. The fourth-order valence-electron chi connectivity index (χ4n) is 1.77. The molecule has 0 atom stereocenters. The molecule has 1 amide bonds. The molecule has 0 fully saturated rings. The number of halogens is 1. The van der Waals surface area contributed by atoms with Crippen molar-refractivity contribution in [3.05, 3.63) is 59.4 Å². The van der Waals surface area contributed by atoms with Gasteiger partial charge in [-0.1, -0.05) is 11.6 Å². The molecule has 3 rings (SSSR count). The lowest BCUT2D eigenvalue weighted by atomic mass is 10.4. The SMILES string of the molecule is O=C(NCc1cn2cc(Cl)ccc2n1)c1ccco1. The van der Waals surface area contributed by atoms with Crippen molar-refractivity contribution in [2.45, 2.75) is 6.54 Å². The van der Waals surface area contributed by atoms with Crippen LogP contribution in [0.15, 0.2) is 47.3 Å². The molecule has 0 saturated heterocycles. The molecule has 0 spiro atoms. The number of carbonyl (C=O) groups is 1. The standard InChI is InChI=1S/C13H10ClN3O2/c14-9-3-4-12-16-10(8-17(12)7-9)6-15-13(18)11-2-1-5-19-11/h1-5,7-8H,6H2,(H,15,18). The number of pyridine rings is 1. The lowest BCUT2D eigenvalue weighted by Crippen LogP contribution is -2.22. The van der Waals surface area contributed by atoms with Crippen molar-refractivity contribution in [2.24, 2.45) is 0 Å². The van der Waals surface area contributed by atoms with Crippen molar-refractivity contribution in [3.8, 4) is 0 Å². The molecule has 5 nitrogen and oxygen atoms in total. The van der Waals surface area contributed by atoms with E-state index in [1.165, 1.54) is 6.26 Å². The van der Waals surface area contributed by atoms with E-state index in [4.69, 9.17) is 16.0 Å². The Balaban J connectivity index is 1.73. The maximum Gasteiger partial charge on any atom is 0.287 e. The van der Waals surface area contributed by atoms with E-state index in [0.29, 0.717) is 11.6 Å². The quantitative estimate of drug-likeness (QED) is 0.799. The van der Waals surface area contributed by atoms with Gasteiger partial charge >= 0.3 is 0 Å². The first-order chi connectivity index (χ1) is 9.22. The summed E-state index contributed by atoms with van der Waals surface area (Å²) in [6.07, 6.45) is 5.05. The number of nitrogens with zero attached hydrogens (tertiary/aromatic N) is 2. The van der Waals surface area contributed by atoms with Crippen LogP contribution in [0.2, 0.25) is 5.02 Å². The van der Waals surface area contributed by atoms with Gasteiger partial charge in [-0.15, -0.1) is 0 Å². The Kier molecular flexibility index (Phi) is 2.97. The van der Waals surface area contributed by atoms with Crippen molar-refractivity contribution < 1.29 is 9.21 Å². The van der Waals surface area contributed by atoms with Crippen LogP contribution in [0.5, 0.6) is 0 Å². The first-order valence-electron chi connectivity index (χ1n) is 5.67. The number of amides is 1. The van der Waals surface area contributed by atoms with Crippen LogP contribution in [0, 0.1) is 0 Å². The van der Waals surface area contributed by atoms with Crippen LogP contribution < -0.4 is 5.32 Å². The van der Waals surface area contributed by atoms with Crippen molar-refractivity contribution >= 4 is 23.2 Å². The average molecular weight is 276 g/mol. The average Bonchev–Trinajstić information content (AvgIpc) is 3.04. The highest BCUT2D eigenvalue weighted by molar-refractivity contribution is 6.30. The summed E-state index contributed by atoms with van der Waals surface area (Å²) in [6, 6.07) is 6.87. The summed E-state index contributed by atoms with van der Waals surface area (Å²) in [5.41, 5.74) is 1.54. The maximum absolute atomic E-state index is 11.7. The monoisotopic (exact) mass is 275 g/mol. The van der Waals surface area contributed by atoms with E-state index in [-0.39, 0.29) is 11.7 Å². The summed E-state index contributed by atoms with van der Waals surface area (Å²) < 4.78 is 6.82. The van der Waals surface area contributed by atoms with Gasteiger partial charge in [-0.3, -0.25) is 4.79 Å². The van der Waals surface area contributed by atoms with E-state index in [0.717, 1.165) is 11.3 Å². The summed E-state index contributed by atoms with van der Waals surface area (Å²) in [7, 11) is 0. The highest BCUT2D eigenvalue weighted by atomic mass is 35.5. The fourth-order valence-corrected chi connectivity index (χ4v) is 1.94. The normalized spacial score (nSPS) is 10.8. The number of imidazole rings is 1. The van der Waals surface area contributed by atoms with Gasteiger partial charge in [0.05, 0.1) is 23.5 Å². The van der Waals surface area contributed by atoms with Gasteiger partial charge in [0.1, 0.15) is 5.65 Å². The van der Waals surface area contributed by atoms with E-state index in [9.17, 15) is 4.79 Å². The van der Waals surface area contributed by atoms with Crippen molar-refractivity contribution in [1.82, 2.24) is 14.7 Å². The van der Waals surface area contributed by atoms with E-state index in [2.05, 4.69) is 10.3 Å². The van der Waals surface area contributed by atoms with E-state index >= 15 is 0 Å². The number of aromatic nitrogens is 2. The first kappa shape index (κ1) is 11.8. The van der Waals surface area contributed by atoms with Crippen LogP contribution >= 0.6 is 11.6 Å². The van der Waals surface area contributed by atoms with Gasteiger partial charge in [0.15, 0.2) is 5.76 Å². The molecule has 3 aromatic heterocycles. The van der Waals surface area contributed by atoms with Crippen LogP contribution in [-0.2, 0) is 6.54 Å². The Bertz CT molecular complexity index is 719. The molecule has 0 aliphatic rings. The third kappa shape index (κ3) is 2.46. The van der Waals surface area contributed by atoms with Crippen LogP contribution in [0.4, 0.5) is 0 Å². The molecule has 3 aromatic rings. The summed E-state index contributed by atoms with van der Waals surface area (Å²) in [5.74, 6) is 0.0203. The molecule has 0 aliphatic heterocycles. The number of hydrogen-bond donors (Lipinski definition) is 1. The van der Waals surface area contributed by atoms with Gasteiger partial charge in [-0.25, -0.2) is 4.98 Å². The fraction of sp³-hybridized carbons (Fsp3) is 0.0769. The zero-order valence-corrected chi connectivity index (χ0v) is 10.6. The lowest BCUT2D eigenvalue weighted by Gasteiger charge is -1.99. The summed E-state index contributed by atoms with van der Waals surface area (Å²) >= 11 is 5.89. The van der Waals surface area contributed by atoms with Gasteiger partial charge in [0, 0.05) is 12.4 Å². The molecule has 1 N–H and O–H groups in total. The Morgan fingerprint density at radius 1 is 1.37 bits per heavy atom. The minimum atomic E-state index is -0.264. The van der Waals surface area contributed by atoms with Crippen LogP contribution in [0.3, 0.4) is 0 Å². The van der Waals surface area contributed by atoms with Gasteiger partial charge in [-0.2, -0.15) is 0 Å². The second kappa shape index (κ2) is 4.78. The number of hydrogen-bond acceptors (Lipinski definition) is 3. The van der Waals surface area contributed by atoms with Crippen molar-refractivity contribution in [3.63, 3.8) is 0 Å². The predicted molar refractivity (Wildman–Crippen MR) is 70.1 cm³/mol. The van der Waals surface area contributed by atoms with E-state index in [1.807, 2.05) is 16.7 Å². The Morgan fingerprint density at radius 3 is 3.05 bits per heavy atom. The molecular formula is C13H10ClN3O2. The molecule has 0 saturated carbocycles. The third-order valence-electron chi connectivity index (χ3n) is 2.64. The molecule has 3 heterocycles. The number of nitrogens with one attached hydrogen (secondary N) is 1. The van der Waals surface area contributed by atoms with Gasteiger partial charge in [0.25, 0.3) is 5.91 Å². The molecule has 0 bridgehead atoms. The third-order valence-corrected chi connectivity index (χ3v) is 2.86. The lowest BCUT2D eigenvalue weighted by molar-refractivity contribution is 0.0922. The topological polar surface area (TPSA) is 59.5 Å². The number of furan rings is 1. The Labute approximate surface area is 113 Å². The van der Waals surface area contributed by atoms with Gasteiger partial charge in [-0.05, 0) is 24.3 Å². The Hall–Kier alpha value is -2.27. The number of fused-ring (bicyclic) bond motifs is 1. The Morgan fingerprint density at radius 2 is 2.26 bits per heavy atom. The zero-order chi connectivity index (χ0) is 13.2. The summed E-state index contributed by atoms with van der Waals surface area (Å²) in [5, 5.41) is 3.37.